The molecule has 0 spiro atoms. The van der Waals surface area contributed by atoms with Crippen molar-refractivity contribution in [2.24, 2.45) is 0 Å². The molecule has 1 aliphatic heterocycles. The highest BCUT2D eigenvalue weighted by Gasteiger charge is 2.23. The number of carbonyl (C=O) groups excluding carboxylic acids is 1. The van der Waals surface area contributed by atoms with Crippen molar-refractivity contribution in [1.29, 1.82) is 0 Å². The summed E-state index contributed by atoms with van der Waals surface area (Å²) >= 11 is 0. The topological polar surface area (TPSA) is 54.9 Å². The third-order valence-corrected chi connectivity index (χ3v) is 3.67. The normalized spacial score (nSPS) is 24.5. The van der Waals surface area contributed by atoms with Crippen LogP contribution in [0.4, 0.5) is 0 Å². The van der Waals surface area contributed by atoms with E-state index in [1.165, 1.54) is 6.42 Å². The number of nitrogens with zero attached hydrogens (tertiary/aromatic N) is 2. The van der Waals surface area contributed by atoms with Gasteiger partial charge in [0, 0.05) is 25.1 Å². The Kier molecular flexibility index (Phi) is 2.89. The molecule has 4 heteroatoms. The molecule has 0 unspecified atom stereocenters. The lowest BCUT2D eigenvalue weighted by Gasteiger charge is -2.22. The number of piperidine rings is 1. The van der Waals surface area contributed by atoms with Gasteiger partial charge in [-0.15, -0.1) is 0 Å². The van der Waals surface area contributed by atoms with Crippen LogP contribution in [0.1, 0.15) is 53.5 Å². The number of nitrogens with one attached hydrogen (secondary N) is 1. The molecule has 0 radical (unpaired) electrons. The van der Waals surface area contributed by atoms with Crippen molar-refractivity contribution in [3.05, 3.63) is 23.3 Å². The van der Waals surface area contributed by atoms with Gasteiger partial charge in [0.25, 0.3) is 0 Å². The minimum atomic E-state index is 0.208. The summed E-state index contributed by atoms with van der Waals surface area (Å²) in [5, 5.41) is 3.38. The molecule has 1 aromatic heterocycles. The van der Waals surface area contributed by atoms with E-state index in [0.717, 1.165) is 49.4 Å². The summed E-state index contributed by atoms with van der Waals surface area (Å²) in [7, 11) is 0. The van der Waals surface area contributed by atoms with Crippen LogP contribution < -0.4 is 5.32 Å². The third kappa shape index (κ3) is 2.09. The Balaban J connectivity index is 1.89. The van der Waals surface area contributed by atoms with Crippen LogP contribution in [0, 0.1) is 0 Å². The lowest BCUT2D eigenvalue weighted by Crippen LogP contribution is -2.30. The molecule has 4 nitrogen and oxygen atoms in total. The summed E-state index contributed by atoms with van der Waals surface area (Å²) in [5.74, 6) is 1.55. The Labute approximate surface area is 101 Å². The van der Waals surface area contributed by atoms with Crippen molar-refractivity contribution in [3.63, 3.8) is 0 Å². The van der Waals surface area contributed by atoms with Gasteiger partial charge in [-0.2, -0.15) is 0 Å². The van der Waals surface area contributed by atoms with E-state index in [-0.39, 0.29) is 5.78 Å². The highest BCUT2D eigenvalue weighted by molar-refractivity contribution is 5.97. The minimum absolute atomic E-state index is 0.208. The number of hydrogen-bond acceptors (Lipinski definition) is 4. The number of aromatic nitrogens is 2. The van der Waals surface area contributed by atoms with Crippen LogP contribution in [0.5, 0.6) is 0 Å². The molecule has 17 heavy (non-hydrogen) atoms. The molecule has 1 aromatic rings. The van der Waals surface area contributed by atoms with Crippen LogP contribution >= 0.6 is 0 Å². The summed E-state index contributed by atoms with van der Waals surface area (Å²) in [4.78, 5) is 20.7. The van der Waals surface area contributed by atoms with Gasteiger partial charge in [0.15, 0.2) is 5.78 Å². The summed E-state index contributed by atoms with van der Waals surface area (Å²) in [5.41, 5.74) is 1.72. The average Bonchev–Trinajstić information content (AvgIpc) is 2.40. The van der Waals surface area contributed by atoms with Gasteiger partial charge in [-0.05, 0) is 32.2 Å². The number of ketones is 1. The maximum Gasteiger partial charge on any atom is 0.166 e. The predicted molar refractivity (Wildman–Crippen MR) is 64.1 cm³/mol. The van der Waals surface area contributed by atoms with Gasteiger partial charge < -0.3 is 5.32 Å². The van der Waals surface area contributed by atoms with E-state index in [4.69, 9.17) is 0 Å². The summed E-state index contributed by atoms with van der Waals surface area (Å²) < 4.78 is 0. The van der Waals surface area contributed by atoms with Gasteiger partial charge in [0.2, 0.25) is 0 Å². The minimum Gasteiger partial charge on any atom is -0.316 e. The molecule has 1 saturated heterocycles. The smallest absolute Gasteiger partial charge is 0.166 e. The fourth-order valence-corrected chi connectivity index (χ4v) is 2.68. The van der Waals surface area contributed by atoms with E-state index in [9.17, 15) is 4.79 Å². The van der Waals surface area contributed by atoms with Gasteiger partial charge >= 0.3 is 0 Å². The lowest BCUT2D eigenvalue weighted by atomic mass is 9.94. The van der Waals surface area contributed by atoms with Gasteiger partial charge in [0.05, 0.1) is 11.3 Å². The van der Waals surface area contributed by atoms with Crippen molar-refractivity contribution in [1.82, 2.24) is 15.3 Å². The van der Waals surface area contributed by atoms with E-state index in [1.54, 1.807) is 6.20 Å². The van der Waals surface area contributed by atoms with Gasteiger partial charge in [-0.3, -0.25) is 4.79 Å². The molecule has 1 aliphatic carbocycles. The maximum absolute atomic E-state index is 11.7. The van der Waals surface area contributed by atoms with Gasteiger partial charge in [-0.1, -0.05) is 0 Å². The fraction of sp³-hybridized carbons (Fsp3) is 0.615. The van der Waals surface area contributed by atoms with E-state index < -0.39 is 0 Å². The van der Waals surface area contributed by atoms with Crippen LogP contribution in [0.3, 0.4) is 0 Å². The molecule has 0 saturated carbocycles. The molecular formula is C13H17N3O. The quantitative estimate of drug-likeness (QED) is 0.795. The Bertz CT molecular complexity index is 438. The highest BCUT2D eigenvalue weighted by Crippen LogP contribution is 2.24. The van der Waals surface area contributed by atoms with Crippen LogP contribution in [-0.2, 0) is 6.42 Å². The van der Waals surface area contributed by atoms with E-state index in [0.29, 0.717) is 12.3 Å². The number of Topliss-reactive ketones (excluding diaryl/α,β-unsaturated/α-hetero) is 1. The molecular weight excluding hydrogens is 214 g/mol. The van der Waals surface area contributed by atoms with E-state index >= 15 is 0 Å². The Morgan fingerprint density at radius 3 is 3.06 bits per heavy atom. The number of rotatable bonds is 1. The second-order valence-electron chi connectivity index (χ2n) is 4.91. The zero-order valence-electron chi connectivity index (χ0n) is 9.91. The molecule has 1 N–H and O–H groups in total. The van der Waals surface area contributed by atoms with Gasteiger partial charge in [0.1, 0.15) is 5.82 Å². The predicted octanol–water partition coefficient (Wildman–Crippen LogP) is 1.46. The van der Waals surface area contributed by atoms with Crippen molar-refractivity contribution in [2.45, 2.75) is 38.0 Å². The van der Waals surface area contributed by atoms with Crippen LogP contribution in [0.2, 0.25) is 0 Å². The zero-order chi connectivity index (χ0) is 11.7. The Morgan fingerprint density at radius 1 is 1.29 bits per heavy atom. The first-order chi connectivity index (χ1) is 8.34. The first-order valence-corrected chi connectivity index (χ1v) is 6.44. The molecule has 90 valence electrons. The second kappa shape index (κ2) is 4.53. The zero-order valence-corrected chi connectivity index (χ0v) is 9.91. The monoisotopic (exact) mass is 231 g/mol. The molecule has 3 rings (SSSR count). The molecule has 2 aliphatic rings. The largest absolute Gasteiger partial charge is 0.316 e. The van der Waals surface area contributed by atoms with Crippen molar-refractivity contribution < 1.29 is 4.79 Å². The standard InChI is InChI=1S/C13H17N3O/c17-12-5-1-4-11-10(12)8-15-13(16-11)9-3-2-6-14-7-9/h8-9,14H,1-7H2/t9-/m1/s1. The number of carbonyl (C=O) groups is 1. The third-order valence-electron chi connectivity index (χ3n) is 3.67. The average molecular weight is 231 g/mol. The Morgan fingerprint density at radius 2 is 2.24 bits per heavy atom. The lowest BCUT2D eigenvalue weighted by molar-refractivity contribution is 0.0971. The number of fused-ring (bicyclic) bond motifs is 1. The maximum atomic E-state index is 11.7. The molecule has 0 aromatic carbocycles. The first kappa shape index (κ1) is 10.8. The summed E-state index contributed by atoms with van der Waals surface area (Å²) in [6.07, 6.45) is 6.60. The highest BCUT2D eigenvalue weighted by atomic mass is 16.1. The number of aryl methyl sites for hydroxylation is 1. The van der Waals surface area contributed by atoms with Gasteiger partial charge in [-0.25, -0.2) is 9.97 Å². The van der Waals surface area contributed by atoms with Crippen molar-refractivity contribution in [2.75, 3.05) is 13.1 Å². The van der Waals surface area contributed by atoms with E-state index in [1.807, 2.05) is 0 Å². The van der Waals surface area contributed by atoms with E-state index in [2.05, 4.69) is 15.3 Å². The molecule has 1 atom stereocenters. The SMILES string of the molecule is O=C1CCCc2nc([C@@H]3CCCNC3)ncc21. The molecule has 0 amide bonds. The molecule has 1 fully saturated rings. The first-order valence-electron chi connectivity index (χ1n) is 6.44. The number of hydrogen-bond donors (Lipinski definition) is 1. The van der Waals surface area contributed by atoms with Crippen LogP contribution in [0.25, 0.3) is 0 Å². The fourth-order valence-electron chi connectivity index (χ4n) is 2.68. The molecule has 0 bridgehead atoms. The van der Waals surface area contributed by atoms with Crippen LogP contribution in [0.15, 0.2) is 6.20 Å². The Hall–Kier alpha value is -1.29. The van der Waals surface area contributed by atoms with Crippen LogP contribution in [-0.4, -0.2) is 28.8 Å². The van der Waals surface area contributed by atoms with Crippen molar-refractivity contribution in [3.8, 4) is 0 Å². The second-order valence-corrected chi connectivity index (χ2v) is 4.91. The summed E-state index contributed by atoms with van der Waals surface area (Å²) in [6, 6.07) is 0. The van der Waals surface area contributed by atoms with Crippen molar-refractivity contribution >= 4 is 5.78 Å². The summed E-state index contributed by atoms with van der Waals surface area (Å²) in [6.45, 7) is 2.06. The molecule has 2 heterocycles.